The smallest absolute Gasteiger partial charge is 0.351 e. The van der Waals surface area contributed by atoms with E-state index < -0.39 is 58.4 Å². The van der Waals surface area contributed by atoms with Crippen LogP contribution in [0.4, 0.5) is 32.0 Å². The molecule has 5 rings (SSSR count). The third-order valence-electron chi connectivity index (χ3n) is 8.53. The number of anilines is 1. The lowest BCUT2D eigenvalue weighted by Crippen LogP contribution is -2.60. The Morgan fingerprint density at radius 1 is 1.10 bits per heavy atom. The number of carbonyl (C=O) groups is 2. The highest BCUT2D eigenvalue weighted by Gasteiger charge is 2.64. The van der Waals surface area contributed by atoms with Gasteiger partial charge >= 0.3 is 6.18 Å². The summed E-state index contributed by atoms with van der Waals surface area (Å²) in [5.41, 5.74) is -6.69. The summed E-state index contributed by atoms with van der Waals surface area (Å²) in [5.74, 6) is -6.34. The van der Waals surface area contributed by atoms with Crippen molar-refractivity contribution in [1.82, 2.24) is 15.3 Å². The van der Waals surface area contributed by atoms with E-state index in [-0.39, 0.29) is 48.9 Å². The number of alkyl halides is 7. The van der Waals surface area contributed by atoms with E-state index in [0.29, 0.717) is 0 Å². The van der Waals surface area contributed by atoms with Gasteiger partial charge in [-0.3, -0.25) is 14.5 Å². The van der Waals surface area contributed by atoms with Crippen LogP contribution in [0.5, 0.6) is 0 Å². The van der Waals surface area contributed by atoms with Gasteiger partial charge in [-0.2, -0.15) is 13.2 Å². The quantitative estimate of drug-likeness (QED) is 0.355. The number of hydrogen-bond acceptors (Lipinski definition) is 4. The van der Waals surface area contributed by atoms with Crippen LogP contribution in [0.2, 0.25) is 0 Å². The summed E-state index contributed by atoms with van der Waals surface area (Å²) < 4.78 is 83.5. The van der Waals surface area contributed by atoms with Gasteiger partial charge in [0.1, 0.15) is 6.33 Å². The van der Waals surface area contributed by atoms with Crippen molar-refractivity contribution in [2.45, 2.75) is 73.8 Å². The van der Waals surface area contributed by atoms with Crippen LogP contribution in [-0.2, 0) is 20.5 Å². The molecule has 2 amide bonds. The summed E-state index contributed by atoms with van der Waals surface area (Å²) in [5, 5.41) is 2.76. The number of nitrogens with one attached hydrogen (secondary N) is 1. The van der Waals surface area contributed by atoms with Crippen molar-refractivity contribution in [3.8, 4) is 0 Å². The third kappa shape index (κ3) is 4.54. The Bertz CT molecular complexity index is 1260. The second kappa shape index (κ2) is 9.35. The number of rotatable bonds is 7. The van der Waals surface area contributed by atoms with E-state index in [4.69, 9.17) is 11.6 Å². The minimum Gasteiger partial charge on any atom is -0.351 e. The Kier molecular flexibility index (Phi) is 6.63. The molecule has 2 aromatic rings. The second-order valence-electron chi connectivity index (χ2n) is 10.8. The minimum absolute atomic E-state index is 0.0223. The molecule has 0 spiro atoms. The van der Waals surface area contributed by atoms with E-state index in [2.05, 4.69) is 15.3 Å². The first-order valence-corrected chi connectivity index (χ1v) is 12.9. The van der Waals surface area contributed by atoms with E-state index in [1.165, 1.54) is 49.9 Å². The van der Waals surface area contributed by atoms with Crippen molar-refractivity contribution in [2.75, 3.05) is 4.90 Å². The van der Waals surface area contributed by atoms with Gasteiger partial charge in [0.05, 0.1) is 5.41 Å². The maximum absolute atomic E-state index is 14.4. The number of carbonyl (C=O) groups excluding carboxylic acids is 2. The summed E-state index contributed by atoms with van der Waals surface area (Å²) in [6, 6.07) is 4.17. The first-order valence-electron chi connectivity index (χ1n) is 12.4. The summed E-state index contributed by atoms with van der Waals surface area (Å²) >= 11 is 5.54. The molecule has 0 saturated heterocycles. The Morgan fingerprint density at radius 2 is 1.72 bits per heavy atom. The molecular formula is C26H25ClF6N4O2. The van der Waals surface area contributed by atoms with Crippen molar-refractivity contribution >= 4 is 29.1 Å². The fourth-order valence-electron chi connectivity index (χ4n) is 6.10. The van der Waals surface area contributed by atoms with Crippen LogP contribution >= 0.6 is 11.6 Å². The number of nitrogens with zero attached hydrogens (tertiary/aromatic N) is 3. The fraction of sp³-hybridized carbons (Fsp3) is 0.538. The predicted molar refractivity (Wildman–Crippen MR) is 129 cm³/mol. The van der Waals surface area contributed by atoms with Crippen molar-refractivity contribution in [2.24, 2.45) is 11.8 Å². The van der Waals surface area contributed by atoms with E-state index in [1.807, 2.05) is 0 Å². The van der Waals surface area contributed by atoms with Gasteiger partial charge in [-0.1, -0.05) is 23.7 Å². The molecule has 3 fully saturated rings. The zero-order chi connectivity index (χ0) is 28.4. The zero-order valence-corrected chi connectivity index (χ0v) is 21.4. The van der Waals surface area contributed by atoms with Crippen molar-refractivity contribution in [1.29, 1.82) is 0 Å². The molecule has 3 aliphatic carbocycles. The molecule has 0 radical (unpaired) electrons. The lowest BCUT2D eigenvalue weighted by molar-refractivity contribution is -0.160. The summed E-state index contributed by atoms with van der Waals surface area (Å²) in [4.78, 5) is 35.7. The molecule has 3 aliphatic rings. The highest BCUT2D eigenvalue weighted by molar-refractivity contribution is 6.32. The van der Waals surface area contributed by atoms with Crippen molar-refractivity contribution in [3.05, 3.63) is 54.1 Å². The van der Waals surface area contributed by atoms with Gasteiger partial charge in [0.25, 0.3) is 23.4 Å². The average Bonchev–Trinajstić information content (AvgIpc) is 3.54. The van der Waals surface area contributed by atoms with Gasteiger partial charge in [-0.15, -0.1) is 0 Å². The van der Waals surface area contributed by atoms with Gasteiger partial charge in [0, 0.05) is 42.0 Å². The van der Waals surface area contributed by atoms with E-state index in [9.17, 15) is 35.9 Å². The molecule has 1 heterocycles. The second-order valence-corrected chi connectivity index (χ2v) is 11.2. The first kappa shape index (κ1) is 27.7. The van der Waals surface area contributed by atoms with Crippen molar-refractivity contribution < 1.29 is 35.9 Å². The lowest BCUT2D eigenvalue weighted by atomic mass is 9.87. The Morgan fingerprint density at radius 3 is 2.18 bits per heavy atom. The molecule has 1 aromatic heterocycles. The fourth-order valence-corrected chi connectivity index (χ4v) is 6.20. The topological polar surface area (TPSA) is 75.2 Å². The Labute approximate surface area is 225 Å². The largest absolute Gasteiger partial charge is 0.398 e. The van der Waals surface area contributed by atoms with Gasteiger partial charge in [-0.25, -0.2) is 23.1 Å². The molecule has 39 heavy (non-hydrogen) atoms. The third-order valence-corrected chi connectivity index (χ3v) is 8.72. The van der Waals surface area contributed by atoms with Crippen LogP contribution < -0.4 is 10.2 Å². The van der Waals surface area contributed by atoms with E-state index in [0.717, 1.165) is 4.90 Å². The highest BCUT2D eigenvalue weighted by atomic mass is 35.5. The van der Waals surface area contributed by atoms with E-state index in [1.54, 1.807) is 0 Å². The summed E-state index contributed by atoms with van der Waals surface area (Å²) in [7, 11) is 0. The molecule has 2 bridgehead atoms. The standard InChI is InChI=1S/C26H25ClF6N4O2/c1-23(17-11-34-13-35-12-17,22(39)36-19-9-16-8-14(19)10-25(16,29)30)37(21(38)20(27)28)18-4-2-15(3-5-18)24(6-7-24)26(31,32)33/h2-5,11-14,16,19-20H,6-10H2,1H3,(H,36,39)/t14?,16?,19-,20-,23-/m0/s1. The molecule has 1 N–H and O–H groups in total. The van der Waals surface area contributed by atoms with Gasteiger partial charge < -0.3 is 5.32 Å². The van der Waals surface area contributed by atoms with Crippen LogP contribution in [0.3, 0.4) is 0 Å². The van der Waals surface area contributed by atoms with Crippen LogP contribution in [-0.4, -0.2) is 45.6 Å². The highest BCUT2D eigenvalue weighted by Crippen LogP contribution is 2.59. The van der Waals surface area contributed by atoms with Crippen LogP contribution in [0, 0.1) is 11.8 Å². The van der Waals surface area contributed by atoms with Gasteiger partial charge in [0.15, 0.2) is 5.54 Å². The summed E-state index contributed by atoms with van der Waals surface area (Å²) in [6.45, 7) is 1.30. The average molecular weight is 575 g/mol. The summed E-state index contributed by atoms with van der Waals surface area (Å²) in [6.07, 6.45) is -1.11. The van der Waals surface area contributed by atoms with E-state index >= 15 is 0 Å². The normalized spacial score (nSPS) is 26.9. The molecule has 6 nitrogen and oxygen atoms in total. The maximum atomic E-state index is 14.4. The molecule has 5 atom stereocenters. The number of hydrogen-bond donors (Lipinski definition) is 1. The number of halogens is 7. The van der Waals surface area contributed by atoms with Crippen LogP contribution in [0.1, 0.15) is 50.2 Å². The molecule has 3 saturated carbocycles. The van der Waals surface area contributed by atoms with Gasteiger partial charge in [0.2, 0.25) is 0 Å². The number of aromatic nitrogens is 2. The molecule has 13 heteroatoms. The van der Waals surface area contributed by atoms with Crippen LogP contribution in [0.15, 0.2) is 43.0 Å². The SMILES string of the molecule is C[C@@](C(=O)N[C@H]1CC2CC1CC2(F)F)(c1cncnc1)N(C(=O)[C@H](F)Cl)c1ccc(C2(C(F)(F)F)CC2)cc1. The number of amides is 2. The van der Waals surface area contributed by atoms with Crippen molar-refractivity contribution in [3.63, 3.8) is 0 Å². The Balaban J connectivity index is 1.54. The molecular weight excluding hydrogens is 550 g/mol. The molecule has 2 unspecified atom stereocenters. The molecule has 210 valence electrons. The maximum Gasteiger partial charge on any atom is 0.398 e. The van der Waals surface area contributed by atoms with Gasteiger partial charge in [-0.05, 0) is 56.2 Å². The zero-order valence-electron chi connectivity index (χ0n) is 20.7. The lowest BCUT2D eigenvalue weighted by Gasteiger charge is -2.41. The first-order chi connectivity index (χ1) is 18.2. The monoisotopic (exact) mass is 574 g/mol. The minimum atomic E-state index is -4.47. The van der Waals surface area contributed by atoms with Crippen LogP contribution in [0.25, 0.3) is 0 Å². The number of fused-ring (bicyclic) bond motifs is 2. The number of benzene rings is 1. The Hall–Kier alpha value is -2.89. The predicted octanol–water partition coefficient (Wildman–Crippen LogP) is 5.40. The molecule has 0 aliphatic heterocycles. The molecule has 1 aromatic carbocycles.